The zero-order valence-corrected chi connectivity index (χ0v) is 8.73. The van der Waals surface area contributed by atoms with Crippen LogP contribution >= 0.6 is 0 Å². The first-order valence-electron chi connectivity index (χ1n) is 5.20. The molecule has 0 radical (unpaired) electrons. The van der Waals surface area contributed by atoms with E-state index in [4.69, 9.17) is 10.5 Å². The van der Waals surface area contributed by atoms with Crippen LogP contribution < -0.4 is 5.48 Å². The van der Waals surface area contributed by atoms with E-state index in [1.165, 1.54) is 5.56 Å². The molecule has 0 bridgehead atoms. The Labute approximate surface area is 93.5 Å². The first-order chi connectivity index (χ1) is 7.74. The molecular weight excluding hydrogens is 204 g/mol. The molecular formula is C12H12N2O2. The third-order valence-corrected chi connectivity index (χ3v) is 3.04. The summed E-state index contributed by atoms with van der Waals surface area (Å²) >= 11 is 0. The van der Waals surface area contributed by atoms with E-state index in [9.17, 15) is 4.79 Å². The largest absolute Gasteiger partial charge is 0.289 e. The maximum absolute atomic E-state index is 11.3. The molecule has 2 rings (SSSR count). The Morgan fingerprint density at radius 1 is 1.50 bits per heavy atom. The highest BCUT2D eigenvalue weighted by molar-refractivity contribution is 5.78. The Morgan fingerprint density at radius 2 is 2.31 bits per heavy atom. The smallest absolute Gasteiger partial charge is 0.246 e. The highest BCUT2D eigenvalue weighted by Gasteiger charge is 2.24. The van der Waals surface area contributed by atoms with Crippen molar-refractivity contribution in [2.24, 2.45) is 5.92 Å². The Morgan fingerprint density at radius 3 is 3.00 bits per heavy atom. The zero-order valence-electron chi connectivity index (χ0n) is 8.73. The van der Waals surface area contributed by atoms with Gasteiger partial charge in [-0.15, -0.1) is 0 Å². The number of nitrogens with one attached hydrogen (secondary N) is 1. The first-order valence-corrected chi connectivity index (χ1v) is 5.20. The van der Waals surface area contributed by atoms with Crippen LogP contribution in [-0.2, 0) is 17.6 Å². The van der Waals surface area contributed by atoms with E-state index in [1.54, 1.807) is 11.5 Å². The van der Waals surface area contributed by atoms with Gasteiger partial charge in [0.15, 0.2) is 0 Å². The number of carbonyl (C=O) groups is 1. The number of hydrogen-bond acceptors (Lipinski definition) is 3. The number of fused-ring (bicyclic) bond motifs is 1. The molecule has 82 valence electrons. The number of hydrogen-bond donors (Lipinski definition) is 2. The fourth-order valence-electron chi connectivity index (χ4n) is 2.14. The molecule has 1 aromatic carbocycles. The van der Waals surface area contributed by atoms with Crippen molar-refractivity contribution in [2.45, 2.75) is 19.3 Å². The number of amides is 1. The van der Waals surface area contributed by atoms with Gasteiger partial charge >= 0.3 is 0 Å². The number of carbonyl (C=O) groups excluding carboxylic acids is 1. The van der Waals surface area contributed by atoms with Crippen LogP contribution in [0, 0.1) is 17.2 Å². The normalized spacial score (nSPS) is 18.4. The van der Waals surface area contributed by atoms with E-state index in [0.29, 0.717) is 12.0 Å². The Kier molecular flexibility index (Phi) is 2.88. The molecule has 1 unspecified atom stereocenters. The van der Waals surface area contributed by atoms with Crippen LogP contribution in [0.1, 0.15) is 23.1 Å². The van der Waals surface area contributed by atoms with Crippen LogP contribution in [0.5, 0.6) is 0 Å². The molecule has 1 atom stereocenters. The third-order valence-electron chi connectivity index (χ3n) is 3.04. The van der Waals surface area contributed by atoms with Gasteiger partial charge in [0.2, 0.25) is 5.91 Å². The van der Waals surface area contributed by atoms with Gasteiger partial charge < -0.3 is 0 Å². The van der Waals surface area contributed by atoms with Gasteiger partial charge in [-0.2, -0.15) is 5.26 Å². The molecule has 1 amide bonds. The van der Waals surface area contributed by atoms with Crippen molar-refractivity contribution < 1.29 is 10.0 Å². The van der Waals surface area contributed by atoms with Crippen LogP contribution in [0.15, 0.2) is 18.2 Å². The molecule has 1 aliphatic carbocycles. The van der Waals surface area contributed by atoms with E-state index < -0.39 is 0 Å². The lowest BCUT2D eigenvalue weighted by molar-refractivity contribution is -0.133. The zero-order chi connectivity index (χ0) is 11.5. The lowest BCUT2D eigenvalue weighted by Crippen LogP contribution is -2.31. The molecule has 16 heavy (non-hydrogen) atoms. The van der Waals surface area contributed by atoms with Gasteiger partial charge in [0.05, 0.1) is 11.6 Å². The number of aryl methyl sites for hydroxylation is 1. The van der Waals surface area contributed by atoms with E-state index >= 15 is 0 Å². The van der Waals surface area contributed by atoms with Crippen molar-refractivity contribution >= 4 is 5.91 Å². The second kappa shape index (κ2) is 4.33. The number of rotatable bonds is 1. The van der Waals surface area contributed by atoms with Crippen molar-refractivity contribution in [3.63, 3.8) is 0 Å². The minimum absolute atomic E-state index is 0.188. The van der Waals surface area contributed by atoms with Gasteiger partial charge in [0.1, 0.15) is 0 Å². The van der Waals surface area contributed by atoms with Crippen LogP contribution in [-0.4, -0.2) is 11.1 Å². The summed E-state index contributed by atoms with van der Waals surface area (Å²) in [6.07, 6.45) is 2.15. The van der Waals surface area contributed by atoms with E-state index in [-0.39, 0.29) is 11.8 Å². The summed E-state index contributed by atoms with van der Waals surface area (Å²) in [5.41, 5.74) is 4.54. The van der Waals surface area contributed by atoms with Gasteiger partial charge in [-0.05, 0) is 42.5 Å². The van der Waals surface area contributed by atoms with E-state index in [0.717, 1.165) is 18.4 Å². The first kappa shape index (κ1) is 10.7. The second-order valence-electron chi connectivity index (χ2n) is 4.01. The number of nitriles is 1. The van der Waals surface area contributed by atoms with Crippen molar-refractivity contribution in [2.75, 3.05) is 0 Å². The van der Waals surface area contributed by atoms with Crippen LogP contribution in [0.4, 0.5) is 0 Å². The molecule has 4 heteroatoms. The van der Waals surface area contributed by atoms with E-state index in [2.05, 4.69) is 6.07 Å². The summed E-state index contributed by atoms with van der Waals surface area (Å²) in [4.78, 5) is 11.3. The van der Waals surface area contributed by atoms with Crippen LogP contribution in [0.25, 0.3) is 0 Å². The Balaban J connectivity index is 2.25. The Hall–Kier alpha value is -1.86. The maximum Gasteiger partial charge on any atom is 0.246 e. The van der Waals surface area contributed by atoms with Crippen LogP contribution in [0.2, 0.25) is 0 Å². The summed E-state index contributed by atoms with van der Waals surface area (Å²) in [5.74, 6) is -0.528. The minimum Gasteiger partial charge on any atom is -0.289 e. The quantitative estimate of drug-likeness (QED) is 0.546. The molecule has 0 fully saturated rings. The average Bonchev–Trinajstić information content (AvgIpc) is 2.36. The van der Waals surface area contributed by atoms with Crippen molar-refractivity contribution in [1.29, 1.82) is 5.26 Å². The molecule has 2 N–H and O–H groups in total. The highest BCUT2D eigenvalue weighted by atomic mass is 16.5. The van der Waals surface area contributed by atoms with Crippen molar-refractivity contribution in [3.8, 4) is 6.07 Å². The monoisotopic (exact) mass is 216 g/mol. The molecule has 0 aromatic heterocycles. The van der Waals surface area contributed by atoms with Crippen molar-refractivity contribution in [3.05, 3.63) is 34.9 Å². The molecule has 1 aliphatic rings. The molecule has 0 heterocycles. The molecule has 0 saturated carbocycles. The average molecular weight is 216 g/mol. The van der Waals surface area contributed by atoms with Gasteiger partial charge in [-0.1, -0.05) is 6.07 Å². The fraction of sp³-hybridized carbons (Fsp3) is 0.333. The number of hydroxylamine groups is 1. The minimum atomic E-state index is -0.340. The molecule has 4 nitrogen and oxygen atoms in total. The van der Waals surface area contributed by atoms with Gasteiger partial charge in [0.25, 0.3) is 0 Å². The summed E-state index contributed by atoms with van der Waals surface area (Å²) in [5, 5.41) is 17.4. The van der Waals surface area contributed by atoms with Crippen LogP contribution in [0.3, 0.4) is 0 Å². The van der Waals surface area contributed by atoms with E-state index in [1.807, 2.05) is 12.1 Å². The SMILES string of the molecule is N#Cc1ccc2c(c1)CC(C(=O)NO)CC2. The van der Waals surface area contributed by atoms with Gasteiger partial charge in [-0.3, -0.25) is 10.0 Å². The van der Waals surface area contributed by atoms with Gasteiger partial charge in [0, 0.05) is 5.92 Å². The lowest BCUT2D eigenvalue weighted by Gasteiger charge is -2.22. The van der Waals surface area contributed by atoms with Crippen molar-refractivity contribution in [1.82, 2.24) is 5.48 Å². The maximum atomic E-state index is 11.3. The predicted molar refractivity (Wildman–Crippen MR) is 56.6 cm³/mol. The molecule has 1 aromatic rings. The second-order valence-corrected chi connectivity index (χ2v) is 4.01. The molecule has 0 spiro atoms. The number of benzene rings is 1. The summed E-state index contributed by atoms with van der Waals surface area (Å²) < 4.78 is 0. The molecule has 0 saturated heterocycles. The predicted octanol–water partition coefficient (Wildman–Crippen LogP) is 1.17. The highest BCUT2D eigenvalue weighted by Crippen LogP contribution is 2.26. The lowest BCUT2D eigenvalue weighted by atomic mass is 9.83. The molecule has 0 aliphatic heterocycles. The summed E-state index contributed by atoms with van der Waals surface area (Å²) in [6.45, 7) is 0. The number of nitrogens with zero attached hydrogens (tertiary/aromatic N) is 1. The Bertz CT molecular complexity index is 463. The summed E-state index contributed by atoms with van der Waals surface area (Å²) in [6, 6.07) is 7.65. The van der Waals surface area contributed by atoms with Gasteiger partial charge in [-0.25, -0.2) is 5.48 Å². The topological polar surface area (TPSA) is 73.1 Å². The standard InChI is InChI=1S/C12H12N2O2/c13-7-8-1-2-9-3-4-10(12(15)14-16)6-11(9)5-8/h1-2,5,10,16H,3-4,6H2,(H,14,15). The summed E-state index contributed by atoms with van der Waals surface area (Å²) in [7, 11) is 0. The fourth-order valence-corrected chi connectivity index (χ4v) is 2.14. The third kappa shape index (κ3) is 1.90.